The Balaban J connectivity index is 0.00000144. The molecule has 5 heteroatoms. The molecular weight excluding hydrogens is 359 g/mol. The van der Waals surface area contributed by atoms with Gasteiger partial charge in [0.25, 0.3) is 0 Å². The molecule has 0 amide bonds. The normalized spacial score (nSPS) is 9.46. The Kier molecular flexibility index (Phi) is 5.77. The molecule has 0 unspecified atom stereocenters. The Bertz CT molecular complexity index is 281. The average Bonchev–Trinajstić information content (AvgIpc) is 1.96. The smallest absolute Gasteiger partial charge is 0.673 e. The van der Waals surface area contributed by atoms with Gasteiger partial charge in [-0.25, -0.2) is 5.90 Å². The number of rotatable bonds is 2. The summed E-state index contributed by atoms with van der Waals surface area (Å²) >= 11 is 5.73. The Hall–Kier alpha value is 0.0762. The first-order valence-electron chi connectivity index (χ1n) is 3.41. The van der Waals surface area contributed by atoms with Gasteiger partial charge in [-0.15, -0.1) is 15.7 Å². The molecule has 0 saturated heterocycles. The second-order valence-corrected chi connectivity index (χ2v) is 2.85. The summed E-state index contributed by atoms with van der Waals surface area (Å²) in [5.41, 5.74) is 0.938. The number of hydrogen-bond donors (Lipinski definition) is 0. The van der Waals surface area contributed by atoms with Gasteiger partial charge in [-0.2, -0.15) is 0 Å². The van der Waals surface area contributed by atoms with Gasteiger partial charge in [-0.05, 0) is 24.6 Å². The molecular formula is C8H6B2ClOOs. The van der Waals surface area contributed by atoms with Crippen LogP contribution >= 0.6 is 11.6 Å². The molecule has 13 heavy (non-hydrogen) atoms. The van der Waals surface area contributed by atoms with Gasteiger partial charge in [0.1, 0.15) is 0 Å². The molecule has 1 rings (SSSR count). The largest absolute Gasteiger partial charge is 1.00 e. The Labute approximate surface area is 99.1 Å². The fourth-order valence-corrected chi connectivity index (χ4v) is 0.973. The maximum absolute atomic E-state index is 5.73. The predicted molar refractivity (Wildman–Crippen MR) is 51.6 cm³/mol. The number of halogens is 1. The molecule has 0 fully saturated rings. The molecule has 0 saturated carbocycles. The second kappa shape index (κ2) is 5.73. The SMILES string of the molecule is [B][C-]([B])Oc1cc(Cl)ccc1C.[Os+]. The third-order valence-corrected chi connectivity index (χ3v) is 1.61. The first-order chi connectivity index (χ1) is 5.59. The number of hydrogen-bond acceptors (Lipinski definition) is 1. The van der Waals surface area contributed by atoms with Gasteiger partial charge in [-0.3, -0.25) is 0 Å². The van der Waals surface area contributed by atoms with Crippen molar-refractivity contribution in [2.45, 2.75) is 6.92 Å². The molecule has 1 nitrogen and oxygen atoms in total. The Morgan fingerprint density at radius 1 is 1.38 bits per heavy atom. The van der Waals surface area contributed by atoms with Crippen LogP contribution in [0.15, 0.2) is 18.2 Å². The summed E-state index contributed by atoms with van der Waals surface area (Å²) in [5.74, 6) is 0.503. The molecule has 65 valence electrons. The van der Waals surface area contributed by atoms with Gasteiger partial charge in [0.05, 0.1) is 5.75 Å². The van der Waals surface area contributed by atoms with Crippen LogP contribution in [0.3, 0.4) is 0 Å². The third kappa shape index (κ3) is 4.20. The molecule has 0 atom stereocenters. The maximum atomic E-state index is 5.73. The Morgan fingerprint density at radius 2 is 2.00 bits per heavy atom. The van der Waals surface area contributed by atoms with Crippen LogP contribution in [0.25, 0.3) is 0 Å². The van der Waals surface area contributed by atoms with E-state index in [-0.39, 0.29) is 25.7 Å². The molecule has 0 bridgehead atoms. The molecule has 0 aliphatic heterocycles. The van der Waals surface area contributed by atoms with E-state index < -0.39 is 0 Å². The van der Waals surface area contributed by atoms with Crippen LogP contribution < -0.4 is 4.74 Å². The zero-order valence-electron chi connectivity index (χ0n) is 7.03. The van der Waals surface area contributed by atoms with Gasteiger partial charge in [-0.1, -0.05) is 17.7 Å². The van der Waals surface area contributed by atoms with Crippen LogP contribution in [-0.4, -0.2) is 15.7 Å². The van der Waals surface area contributed by atoms with E-state index in [1.54, 1.807) is 12.1 Å². The van der Waals surface area contributed by atoms with Crippen LogP contribution in [-0.2, 0) is 19.8 Å². The minimum atomic E-state index is -0.0830. The van der Waals surface area contributed by atoms with Crippen molar-refractivity contribution in [2.75, 3.05) is 0 Å². The summed E-state index contributed by atoms with van der Waals surface area (Å²) in [7, 11) is 10.3. The average molecular weight is 365 g/mol. The van der Waals surface area contributed by atoms with Crippen molar-refractivity contribution in [3.05, 3.63) is 34.7 Å². The molecule has 5 radical (unpaired) electrons. The Morgan fingerprint density at radius 3 is 2.54 bits per heavy atom. The monoisotopic (exact) mass is 367 g/mol. The minimum Gasteiger partial charge on any atom is -0.673 e. The summed E-state index contributed by atoms with van der Waals surface area (Å²) in [4.78, 5) is 0. The summed E-state index contributed by atoms with van der Waals surface area (Å²) in [5, 5.41) is 0.594. The van der Waals surface area contributed by atoms with Crippen molar-refractivity contribution < 1.29 is 24.5 Å². The fraction of sp³-hybridized carbons (Fsp3) is 0.125. The molecule has 0 aliphatic carbocycles. The number of ether oxygens (including phenoxy) is 1. The zero-order chi connectivity index (χ0) is 9.14. The second-order valence-electron chi connectivity index (χ2n) is 2.41. The molecule has 0 aliphatic rings. The molecule has 1 aromatic rings. The van der Waals surface area contributed by atoms with E-state index in [2.05, 4.69) is 0 Å². The van der Waals surface area contributed by atoms with E-state index in [9.17, 15) is 0 Å². The van der Waals surface area contributed by atoms with Gasteiger partial charge in [0.15, 0.2) is 0 Å². The van der Waals surface area contributed by atoms with Crippen molar-refractivity contribution in [2.24, 2.45) is 0 Å². The van der Waals surface area contributed by atoms with E-state index >= 15 is 0 Å². The van der Waals surface area contributed by atoms with E-state index in [0.717, 1.165) is 5.56 Å². The van der Waals surface area contributed by atoms with Crippen LogP contribution in [0.2, 0.25) is 5.02 Å². The quantitative estimate of drug-likeness (QED) is 0.574. The molecule has 0 spiro atoms. The van der Waals surface area contributed by atoms with E-state index in [0.29, 0.717) is 10.8 Å². The molecule has 0 heterocycles. The standard InChI is InChI=1S/C8H6B2ClO.Os/c1-5-2-3-6(11)4-7(5)12-8(9)10;/h2-4H,1H3;/q-1;+1. The first-order valence-corrected chi connectivity index (χ1v) is 3.79. The van der Waals surface area contributed by atoms with Crippen LogP contribution in [0, 0.1) is 12.8 Å². The number of benzene rings is 1. The van der Waals surface area contributed by atoms with Crippen molar-refractivity contribution in [3.63, 3.8) is 0 Å². The van der Waals surface area contributed by atoms with Crippen molar-refractivity contribution in [3.8, 4) is 5.75 Å². The van der Waals surface area contributed by atoms with E-state index in [1.165, 1.54) is 0 Å². The van der Waals surface area contributed by atoms with Crippen molar-refractivity contribution in [1.82, 2.24) is 0 Å². The summed E-state index contributed by atoms with van der Waals surface area (Å²) in [6.07, 6.45) is 0. The third-order valence-electron chi connectivity index (χ3n) is 1.38. The van der Waals surface area contributed by atoms with Crippen LogP contribution in [0.1, 0.15) is 5.56 Å². The molecule has 0 aromatic heterocycles. The van der Waals surface area contributed by atoms with Crippen LogP contribution in [0.4, 0.5) is 0 Å². The zero-order valence-corrected chi connectivity index (χ0v) is 10.3. The fourth-order valence-electron chi connectivity index (χ4n) is 0.811. The first kappa shape index (κ1) is 13.1. The van der Waals surface area contributed by atoms with Crippen LogP contribution in [0.5, 0.6) is 5.75 Å². The number of aryl methyl sites for hydroxylation is 1. The summed E-state index contributed by atoms with van der Waals surface area (Å²) in [6.45, 7) is 1.88. The predicted octanol–water partition coefficient (Wildman–Crippen LogP) is 1.81. The molecule has 0 N–H and O–H groups in total. The van der Waals surface area contributed by atoms with Gasteiger partial charge >= 0.3 is 19.8 Å². The summed E-state index contributed by atoms with van der Waals surface area (Å²) in [6, 6.07) is 5.27. The van der Waals surface area contributed by atoms with Gasteiger partial charge in [0, 0.05) is 5.02 Å². The van der Waals surface area contributed by atoms with Gasteiger partial charge in [0.2, 0.25) is 0 Å². The van der Waals surface area contributed by atoms with Gasteiger partial charge < -0.3 is 4.74 Å². The van der Waals surface area contributed by atoms with E-state index in [1.807, 2.05) is 13.0 Å². The topological polar surface area (TPSA) is 9.23 Å². The maximum Gasteiger partial charge on any atom is 1.00 e. The minimum absolute atomic E-state index is 0. The summed E-state index contributed by atoms with van der Waals surface area (Å²) < 4.78 is 5.01. The van der Waals surface area contributed by atoms with Crippen molar-refractivity contribution >= 4 is 27.3 Å². The van der Waals surface area contributed by atoms with Crippen molar-refractivity contribution in [1.29, 1.82) is 0 Å². The van der Waals surface area contributed by atoms with E-state index in [4.69, 9.17) is 32.0 Å². The molecule has 1 aromatic carbocycles.